The molecule has 4 heteroatoms. The molecule has 0 unspecified atom stereocenters. The third kappa shape index (κ3) is 1.16. The molecule has 4 nitrogen and oxygen atoms in total. The van der Waals surface area contributed by atoms with Crippen molar-refractivity contribution < 1.29 is 9.84 Å². The van der Waals surface area contributed by atoms with E-state index in [2.05, 4.69) is 10.2 Å². The number of methoxy groups -OCH3 is 1. The van der Waals surface area contributed by atoms with E-state index in [1.165, 1.54) is 13.3 Å². The zero-order valence-electron chi connectivity index (χ0n) is 7.06. The van der Waals surface area contributed by atoms with Crippen molar-refractivity contribution in [2.75, 3.05) is 7.11 Å². The molecule has 0 spiro atoms. The van der Waals surface area contributed by atoms with Gasteiger partial charge in [-0.25, -0.2) is 0 Å². The second-order valence-corrected chi connectivity index (χ2v) is 2.59. The molecule has 2 aromatic rings. The molecule has 0 radical (unpaired) electrons. The van der Waals surface area contributed by atoms with Gasteiger partial charge in [-0.05, 0) is 12.1 Å². The van der Waals surface area contributed by atoms with Crippen molar-refractivity contribution in [3.05, 3.63) is 24.4 Å². The SMILES string of the molecule is COc1nncc2c(O)cccc12. The summed E-state index contributed by atoms with van der Waals surface area (Å²) in [6.07, 6.45) is 1.51. The van der Waals surface area contributed by atoms with Crippen molar-refractivity contribution in [1.29, 1.82) is 0 Å². The maximum atomic E-state index is 9.47. The molecule has 0 bridgehead atoms. The lowest BCUT2D eigenvalue weighted by Gasteiger charge is -2.03. The Labute approximate surface area is 74.8 Å². The number of phenols is 1. The first-order valence-corrected chi connectivity index (χ1v) is 3.80. The number of ether oxygens (including phenoxy) is 1. The molecule has 13 heavy (non-hydrogen) atoms. The minimum atomic E-state index is 0.186. The number of aromatic hydroxyl groups is 1. The van der Waals surface area contributed by atoms with E-state index in [-0.39, 0.29) is 5.75 Å². The molecular weight excluding hydrogens is 168 g/mol. The molecule has 2 rings (SSSR count). The lowest BCUT2D eigenvalue weighted by atomic mass is 10.2. The minimum absolute atomic E-state index is 0.186. The number of fused-ring (bicyclic) bond motifs is 1. The average molecular weight is 176 g/mol. The summed E-state index contributed by atoms with van der Waals surface area (Å²) < 4.78 is 5.00. The minimum Gasteiger partial charge on any atom is -0.507 e. The van der Waals surface area contributed by atoms with Crippen molar-refractivity contribution in [2.45, 2.75) is 0 Å². The maximum Gasteiger partial charge on any atom is 0.241 e. The molecule has 1 aromatic carbocycles. The van der Waals surface area contributed by atoms with Crippen LogP contribution < -0.4 is 4.74 Å². The van der Waals surface area contributed by atoms with Crippen LogP contribution >= 0.6 is 0 Å². The maximum absolute atomic E-state index is 9.47. The highest BCUT2D eigenvalue weighted by molar-refractivity contribution is 5.90. The molecule has 1 heterocycles. The Morgan fingerprint density at radius 2 is 2.15 bits per heavy atom. The molecule has 0 aliphatic carbocycles. The fraction of sp³-hybridized carbons (Fsp3) is 0.111. The molecule has 66 valence electrons. The van der Waals surface area contributed by atoms with Crippen LogP contribution in [0.5, 0.6) is 11.6 Å². The number of aromatic nitrogens is 2. The lowest BCUT2D eigenvalue weighted by Crippen LogP contribution is -1.91. The van der Waals surface area contributed by atoms with Crippen molar-refractivity contribution in [2.24, 2.45) is 0 Å². The number of benzene rings is 1. The zero-order chi connectivity index (χ0) is 9.26. The predicted molar refractivity (Wildman–Crippen MR) is 47.8 cm³/mol. The van der Waals surface area contributed by atoms with Crippen molar-refractivity contribution in [3.63, 3.8) is 0 Å². The van der Waals surface area contributed by atoms with E-state index < -0.39 is 0 Å². The number of rotatable bonds is 1. The molecule has 0 fully saturated rings. The fourth-order valence-electron chi connectivity index (χ4n) is 1.22. The fourth-order valence-corrected chi connectivity index (χ4v) is 1.22. The van der Waals surface area contributed by atoms with Gasteiger partial charge in [0.2, 0.25) is 5.88 Å². The van der Waals surface area contributed by atoms with Crippen molar-refractivity contribution in [3.8, 4) is 11.6 Å². The highest BCUT2D eigenvalue weighted by atomic mass is 16.5. The monoisotopic (exact) mass is 176 g/mol. The first kappa shape index (κ1) is 7.79. The van der Waals surface area contributed by atoms with Crippen LogP contribution in [-0.2, 0) is 0 Å². The predicted octanol–water partition coefficient (Wildman–Crippen LogP) is 1.34. The van der Waals surface area contributed by atoms with Gasteiger partial charge in [0, 0.05) is 5.39 Å². The van der Waals surface area contributed by atoms with E-state index in [9.17, 15) is 5.11 Å². The van der Waals surface area contributed by atoms with Crippen molar-refractivity contribution >= 4 is 10.8 Å². The summed E-state index contributed by atoms with van der Waals surface area (Å²) in [5.74, 6) is 0.610. The summed E-state index contributed by atoms with van der Waals surface area (Å²) in [5.41, 5.74) is 0. The highest BCUT2D eigenvalue weighted by Gasteiger charge is 2.05. The largest absolute Gasteiger partial charge is 0.507 e. The van der Waals surface area contributed by atoms with E-state index in [4.69, 9.17) is 4.74 Å². The number of phenolic OH excluding ortho intramolecular Hbond substituents is 1. The summed E-state index contributed by atoms with van der Waals surface area (Å²) >= 11 is 0. The zero-order valence-corrected chi connectivity index (χ0v) is 7.06. The Bertz CT molecular complexity index is 443. The first-order chi connectivity index (χ1) is 6.33. The molecular formula is C9H8N2O2. The van der Waals surface area contributed by atoms with Crippen LogP contribution in [0.2, 0.25) is 0 Å². The second kappa shape index (κ2) is 2.90. The van der Waals surface area contributed by atoms with E-state index in [0.29, 0.717) is 11.3 Å². The van der Waals surface area contributed by atoms with Gasteiger partial charge in [-0.1, -0.05) is 6.07 Å². The van der Waals surface area contributed by atoms with Crippen LogP contribution in [0.1, 0.15) is 0 Å². The summed E-state index contributed by atoms with van der Waals surface area (Å²) in [6, 6.07) is 5.16. The molecule has 0 aliphatic heterocycles. The molecule has 0 saturated heterocycles. The Hall–Kier alpha value is -1.84. The summed E-state index contributed by atoms with van der Waals surface area (Å²) in [7, 11) is 1.52. The summed E-state index contributed by atoms with van der Waals surface area (Å²) in [4.78, 5) is 0. The Balaban J connectivity index is 2.84. The Morgan fingerprint density at radius 3 is 2.92 bits per heavy atom. The smallest absolute Gasteiger partial charge is 0.241 e. The van der Waals surface area contributed by atoms with E-state index in [1.807, 2.05) is 6.07 Å². The molecule has 0 amide bonds. The normalized spacial score (nSPS) is 10.2. The average Bonchev–Trinajstić information content (AvgIpc) is 2.18. The molecule has 1 aromatic heterocycles. The van der Waals surface area contributed by atoms with Crippen LogP contribution in [0.3, 0.4) is 0 Å². The van der Waals surface area contributed by atoms with Gasteiger partial charge in [0.1, 0.15) is 5.75 Å². The van der Waals surface area contributed by atoms with Crippen LogP contribution in [0.15, 0.2) is 24.4 Å². The highest BCUT2D eigenvalue weighted by Crippen LogP contribution is 2.27. The van der Waals surface area contributed by atoms with Gasteiger partial charge in [0.15, 0.2) is 0 Å². The molecule has 0 saturated carbocycles. The standard InChI is InChI=1S/C9H8N2O2/c1-13-9-6-3-2-4-8(12)7(6)5-10-11-9/h2-5,12H,1H3. The van der Waals surface area contributed by atoms with Gasteiger partial charge in [-0.15, -0.1) is 5.10 Å². The third-order valence-electron chi connectivity index (χ3n) is 1.84. The number of hydrogen-bond donors (Lipinski definition) is 1. The number of hydrogen-bond acceptors (Lipinski definition) is 4. The van der Waals surface area contributed by atoms with Gasteiger partial charge < -0.3 is 9.84 Å². The van der Waals surface area contributed by atoms with Crippen molar-refractivity contribution in [1.82, 2.24) is 10.2 Å². The van der Waals surface area contributed by atoms with Gasteiger partial charge in [0.05, 0.1) is 18.7 Å². The quantitative estimate of drug-likeness (QED) is 0.712. The topological polar surface area (TPSA) is 55.2 Å². The Kier molecular flexibility index (Phi) is 1.73. The van der Waals surface area contributed by atoms with E-state index >= 15 is 0 Å². The summed E-state index contributed by atoms with van der Waals surface area (Å²) in [5, 5.41) is 18.4. The van der Waals surface area contributed by atoms with Crippen LogP contribution in [0.4, 0.5) is 0 Å². The summed E-state index contributed by atoms with van der Waals surface area (Å²) in [6.45, 7) is 0. The molecule has 0 atom stereocenters. The van der Waals surface area contributed by atoms with Crippen LogP contribution in [0.25, 0.3) is 10.8 Å². The van der Waals surface area contributed by atoms with Gasteiger partial charge in [-0.2, -0.15) is 5.10 Å². The number of nitrogens with zero attached hydrogens (tertiary/aromatic N) is 2. The van der Waals surface area contributed by atoms with Gasteiger partial charge in [-0.3, -0.25) is 0 Å². The lowest BCUT2D eigenvalue weighted by molar-refractivity contribution is 0.397. The van der Waals surface area contributed by atoms with Crippen LogP contribution in [-0.4, -0.2) is 22.4 Å². The van der Waals surface area contributed by atoms with E-state index in [1.54, 1.807) is 12.1 Å². The Morgan fingerprint density at radius 1 is 1.31 bits per heavy atom. The first-order valence-electron chi connectivity index (χ1n) is 3.80. The van der Waals surface area contributed by atoms with Gasteiger partial charge in [0.25, 0.3) is 0 Å². The van der Waals surface area contributed by atoms with Gasteiger partial charge >= 0.3 is 0 Å². The molecule has 1 N–H and O–H groups in total. The van der Waals surface area contributed by atoms with E-state index in [0.717, 1.165) is 5.39 Å². The third-order valence-corrected chi connectivity index (χ3v) is 1.84. The molecule has 0 aliphatic rings. The van der Waals surface area contributed by atoms with Crippen LogP contribution in [0, 0.1) is 0 Å². The second-order valence-electron chi connectivity index (χ2n) is 2.59.